The molecule has 1 fully saturated rings. The molecule has 1 aromatic rings. The van der Waals surface area contributed by atoms with Crippen LogP contribution in [0.3, 0.4) is 0 Å². The van der Waals surface area contributed by atoms with E-state index in [2.05, 4.69) is 0 Å². The van der Waals surface area contributed by atoms with E-state index in [-0.39, 0.29) is 17.2 Å². The predicted octanol–water partition coefficient (Wildman–Crippen LogP) is 2.37. The minimum atomic E-state index is -0.589. The summed E-state index contributed by atoms with van der Waals surface area (Å²) in [5.74, 6) is -0.450. The first kappa shape index (κ1) is 11.5. The van der Waals surface area contributed by atoms with Gasteiger partial charge in [0.25, 0.3) is 5.56 Å². The number of carbonyl (C=O) groups excluding carboxylic acids is 1. The molecule has 0 unspecified atom stereocenters. The highest BCUT2D eigenvalue weighted by molar-refractivity contribution is 5.94. The number of aromatic nitrogens is 1. The summed E-state index contributed by atoms with van der Waals surface area (Å²) in [6, 6.07) is 2.18. The topological polar surface area (TPSA) is 48.3 Å². The average molecular weight is 247 g/mol. The van der Waals surface area contributed by atoms with Gasteiger partial charge in [-0.2, -0.15) is 0 Å². The maximum atomic E-state index is 12.3. The fraction of sp³-hybridized carbons (Fsp3) is 0.571. The number of hydrogen-bond donors (Lipinski definition) is 0. The smallest absolute Gasteiger partial charge is 0.345 e. The lowest BCUT2D eigenvalue weighted by molar-refractivity contribution is -0.0126. The van der Waals surface area contributed by atoms with Crippen LogP contribution in [0.5, 0.6) is 0 Å². The molecule has 0 atom stereocenters. The number of nitrogens with zero attached hydrogens (tertiary/aromatic N) is 1. The van der Waals surface area contributed by atoms with Gasteiger partial charge in [-0.1, -0.05) is 13.8 Å². The van der Waals surface area contributed by atoms with E-state index in [0.717, 1.165) is 18.4 Å². The van der Waals surface area contributed by atoms with Gasteiger partial charge in [-0.3, -0.25) is 4.79 Å². The van der Waals surface area contributed by atoms with Crippen molar-refractivity contribution in [3.63, 3.8) is 0 Å². The molecule has 4 nitrogen and oxygen atoms in total. The Kier molecular flexibility index (Phi) is 2.37. The van der Waals surface area contributed by atoms with Gasteiger partial charge in [0, 0.05) is 17.8 Å². The lowest BCUT2D eigenvalue weighted by atomic mass is 9.88. The number of pyridine rings is 1. The molecule has 18 heavy (non-hydrogen) atoms. The zero-order valence-corrected chi connectivity index (χ0v) is 10.7. The maximum absolute atomic E-state index is 12.3. The van der Waals surface area contributed by atoms with Gasteiger partial charge in [0.15, 0.2) is 0 Å². The summed E-state index contributed by atoms with van der Waals surface area (Å²) in [4.78, 5) is 24.3. The van der Waals surface area contributed by atoms with Gasteiger partial charge in [0.05, 0.1) is 0 Å². The molecule has 96 valence electrons. The van der Waals surface area contributed by atoms with Gasteiger partial charge in [-0.25, -0.2) is 4.79 Å². The molecule has 0 amide bonds. The van der Waals surface area contributed by atoms with Crippen LogP contribution >= 0.6 is 0 Å². The summed E-state index contributed by atoms with van der Waals surface area (Å²) in [6.45, 7) is 3.97. The maximum Gasteiger partial charge on any atom is 0.345 e. The van der Waals surface area contributed by atoms with E-state index in [4.69, 9.17) is 4.74 Å². The SMILES string of the molecule is CCC1(CC)OC(=O)c2c1ccn(C1CC1)c2=O. The van der Waals surface area contributed by atoms with Crippen molar-refractivity contribution in [1.29, 1.82) is 0 Å². The van der Waals surface area contributed by atoms with Crippen molar-refractivity contribution in [2.75, 3.05) is 0 Å². The summed E-state index contributed by atoms with van der Waals surface area (Å²) >= 11 is 0. The fourth-order valence-corrected chi connectivity index (χ4v) is 2.83. The predicted molar refractivity (Wildman–Crippen MR) is 66.6 cm³/mol. The van der Waals surface area contributed by atoms with Crippen molar-refractivity contribution >= 4 is 5.97 Å². The van der Waals surface area contributed by atoms with Crippen LogP contribution in [0.2, 0.25) is 0 Å². The largest absolute Gasteiger partial charge is 0.450 e. The van der Waals surface area contributed by atoms with E-state index in [9.17, 15) is 9.59 Å². The Morgan fingerprint density at radius 2 is 2.00 bits per heavy atom. The van der Waals surface area contributed by atoms with Crippen molar-refractivity contribution in [2.24, 2.45) is 0 Å². The molecule has 1 aliphatic carbocycles. The minimum Gasteiger partial charge on any atom is -0.450 e. The highest BCUT2D eigenvalue weighted by Gasteiger charge is 2.45. The molecule has 4 heteroatoms. The van der Waals surface area contributed by atoms with Gasteiger partial charge < -0.3 is 9.30 Å². The van der Waals surface area contributed by atoms with Crippen molar-refractivity contribution in [3.05, 3.63) is 33.7 Å². The van der Waals surface area contributed by atoms with Crippen molar-refractivity contribution < 1.29 is 9.53 Å². The summed E-state index contributed by atoms with van der Waals surface area (Å²) in [6.07, 6.45) is 5.28. The second-order valence-electron chi connectivity index (χ2n) is 5.14. The highest BCUT2D eigenvalue weighted by atomic mass is 16.6. The van der Waals surface area contributed by atoms with Gasteiger partial charge in [0.1, 0.15) is 11.2 Å². The minimum absolute atomic E-state index is 0.177. The molecule has 0 N–H and O–H groups in total. The molecule has 1 aliphatic heterocycles. The first-order valence-electron chi connectivity index (χ1n) is 6.62. The number of carbonyl (C=O) groups is 1. The van der Waals surface area contributed by atoms with Gasteiger partial charge in [0.2, 0.25) is 0 Å². The molecule has 0 aromatic carbocycles. The fourth-order valence-electron chi connectivity index (χ4n) is 2.83. The number of rotatable bonds is 3. The molecule has 1 aromatic heterocycles. The van der Waals surface area contributed by atoms with Crippen LogP contribution < -0.4 is 5.56 Å². The molecule has 2 aliphatic rings. The second-order valence-corrected chi connectivity index (χ2v) is 5.14. The molecule has 3 rings (SSSR count). The number of ether oxygens (including phenoxy) is 1. The third-order valence-corrected chi connectivity index (χ3v) is 4.19. The normalized spacial score (nSPS) is 20.7. The Hall–Kier alpha value is -1.58. The monoisotopic (exact) mass is 247 g/mol. The number of fused-ring (bicyclic) bond motifs is 1. The zero-order chi connectivity index (χ0) is 12.9. The molecule has 2 heterocycles. The first-order valence-corrected chi connectivity index (χ1v) is 6.62. The molecule has 1 saturated carbocycles. The quantitative estimate of drug-likeness (QED) is 0.770. The van der Waals surface area contributed by atoms with E-state index in [1.807, 2.05) is 26.1 Å². The van der Waals surface area contributed by atoms with Crippen molar-refractivity contribution in [3.8, 4) is 0 Å². The molecular formula is C14H17NO3. The van der Waals surface area contributed by atoms with Gasteiger partial charge in [-0.15, -0.1) is 0 Å². The second kappa shape index (κ2) is 3.70. The molecule has 0 bridgehead atoms. The number of hydrogen-bond acceptors (Lipinski definition) is 3. The third kappa shape index (κ3) is 1.38. The average Bonchev–Trinajstić information content (AvgIpc) is 3.15. The molecule has 0 saturated heterocycles. The number of cyclic esters (lactones) is 1. The van der Waals surface area contributed by atoms with Crippen LogP contribution in [0.1, 0.15) is 61.5 Å². The van der Waals surface area contributed by atoms with E-state index < -0.39 is 11.6 Å². The Balaban J connectivity index is 2.21. The standard InChI is InChI=1S/C14H17NO3/c1-3-14(4-2)10-7-8-15(9-5-6-9)12(16)11(10)13(17)18-14/h7-9H,3-6H2,1-2H3. The summed E-state index contributed by atoms with van der Waals surface area (Å²) in [5, 5.41) is 0. The van der Waals surface area contributed by atoms with Crippen molar-refractivity contribution in [1.82, 2.24) is 4.57 Å². The van der Waals surface area contributed by atoms with Crippen LogP contribution in [0.4, 0.5) is 0 Å². The van der Waals surface area contributed by atoms with Crippen LogP contribution in [-0.4, -0.2) is 10.5 Å². The Morgan fingerprint density at radius 3 is 2.56 bits per heavy atom. The summed E-state index contributed by atoms with van der Waals surface area (Å²) < 4.78 is 7.18. The lowest BCUT2D eigenvalue weighted by Crippen LogP contribution is -2.26. The molecule has 0 spiro atoms. The lowest BCUT2D eigenvalue weighted by Gasteiger charge is -2.25. The van der Waals surface area contributed by atoms with E-state index in [1.54, 1.807) is 4.57 Å². The Bertz CT molecular complexity index is 565. The van der Waals surface area contributed by atoms with Crippen LogP contribution in [0.25, 0.3) is 0 Å². The van der Waals surface area contributed by atoms with E-state index in [0.29, 0.717) is 12.8 Å². The molecular weight excluding hydrogens is 230 g/mol. The van der Waals surface area contributed by atoms with Crippen LogP contribution in [0, 0.1) is 0 Å². The third-order valence-electron chi connectivity index (χ3n) is 4.19. The van der Waals surface area contributed by atoms with Crippen molar-refractivity contribution in [2.45, 2.75) is 51.2 Å². The van der Waals surface area contributed by atoms with Crippen LogP contribution in [-0.2, 0) is 10.3 Å². The van der Waals surface area contributed by atoms with Gasteiger partial charge in [-0.05, 0) is 31.7 Å². The number of esters is 1. The van der Waals surface area contributed by atoms with Crippen LogP contribution in [0.15, 0.2) is 17.1 Å². The van der Waals surface area contributed by atoms with E-state index in [1.165, 1.54) is 0 Å². The summed E-state index contributed by atoms with van der Waals surface area (Å²) in [5.41, 5.74) is 0.269. The highest BCUT2D eigenvalue weighted by Crippen LogP contribution is 2.41. The van der Waals surface area contributed by atoms with Gasteiger partial charge >= 0.3 is 5.97 Å². The molecule has 0 radical (unpaired) electrons. The first-order chi connectivity index (χ1) is 8.63. The Morgan fingerprint density at radius 1 is 1.33 bits per heavy atom. The Labute approximate surface area is 106 Å². The zero-order valence-electron chi connectivity index (χ0n) is 10.7. The summed E-state index contributed by atoms with van der Waals surface area (Å²) in [7, 11) is 0. The van der Waals surface area contributed by atoms with E-state index >= 15 is 0 Å².